The number of carbonyl (C=O) groups excluding carboxylic acids is 1. The van der Waals surface area contributed by atoms with Crippen LogP contribution in [0.15, 0.2) is 0 Å². The molecule has 2 rings (SSSR count). The first-order valence-electron chi connectivity index (χ1n) is 7.71. The van der Waals surface area contributed by atoms with Crippen molar-refractivity contribution in [3.63, 3.8) is 0 Å². The standard InChI is InChI=1S/C16H25N3O3/c1-9(8-13-10(2)18-19(5)11(13)3)14(20)17-16(4,15(21)22)12-6-7-12/h9,12H,6-8H2,1-5H3,(H,17,20)(H,21,22)/t9-,16+/m1/s1. The second-order valence-electron chi connectivity index (χ2n) is 6.65. The third-order valence-corrected chi connectivity index (χ3v) is 4.84. The van der Waals surface area contributed by atoms with E-state index in [9.17, 15) is 14.7 Å². The van der Waals surface area contributed by atoms with E-state index in [1.165, 1.54) is 0 Å². The van der Waals surface area contributed by atoms with E-state index < -0.39 is 11.5 Å². The zero-order valence-corrected chi connectivity index (χ0v) is 13.9. The molecule has 6 nitrogen and oxygen atoms in total. The second-order valence-corrected chi connectivity index (χ2v) is 6.65. The topological polar surface area (TPSA) is 84.2 Å². The summed E-state index contributed by atoms with van der Waals surface area (Å²) in [4.78, 5) is 23.9. The van der Waals surface area contributed by atoms with Crippen LogP contribution in [0.1, 0.15) is 43.6 Å². The highest BCUT2D eigenvalue weighted by molar-refractivity contribution is 5.88. The Labute approximate surface area is 130 Å². The fourth-order valence-corrected chi connectivity index (χ4v) is 2.88. The van der Waals surface area contributed by atoms with E-state index in [1.807, 2.05) is 27.8 Å². The third-order valence-electron chi connectivity index (χ3n) is 4.84. The number of aliphatic carboxylic acids is 1. The predicted octanol–water partition coefficient (Wildman–Crippen LogP) is 1.59. The van der Waals surface area contributed by atoms with Gasteiger partial charge in [0.1, 0.15) is 5.54 Å². The monoisotopic (exact) mass is 307 g/mol. The minimum Gasteiger partial charge on any atom is -0.480 e. The van der Waals surface area contributed by atoms with E-state index in [4.69, 9.17) is 0 Å². The lowest BCUT2D eigenvalue weighted by atomic mass is 9.93. The molecule has 1 heterocycles. The summed E-state index contributed by atoms with van der Waals surface area (Å²) in [6.45, 7) is 7.35. The van der Waals surface area contributed by atoms with E-state index in [-0.39, 0.29) is 17.7 Å². The zero-order chi connectivity index (χ0) is 16.7. The summed E-state index contributed by atoms with van der Waals surface area (Å²) >= 11 is 0. The fourth-order valence-electron chi connectivity index (χ4n) is 2.88. The Balaban J connectivity index is 2.07. The average Bonchev–Trinajstić information content (AvgIpc) is 3.24. The van der Waals surface area contributed by atoms with Crippen LogP contribution < -0.4 is 5.32 Å². The highest BCUT2D eigenvalue weighted by atomic mass is 16.4. The lowest BCUT2D eigenvalue weighted by molar-refractivity contribution is -0.148. The van der Waals surface area contributed by atoms with Crippen LogP contribution in [0.3, 0.4) is 0 Å². The quantitative estimate of drug-likeness (QED) is 0.836. The van der Waals surface area contributed by atoms with E-state index >= 15 is 0 Å². The molecule has 0 spiro atoms. The minimum atomic E-state index is -1.15. The molecule has 1 aliphatic rings. The number of nitrogens with one attached hydrogen (secondary N) is 1. The number of amides is 1. The summed E-state index contributed by atoms with van der Waals surface area (Å²) in [5, 5.41) is 16.5. The van der Waals surface area contributed by atoms with Gasteiger partial charge in [-0.1, -0.05) is 6.92 Å². The van der Waals surface area contributed by atoms with Gasteiger partial charge in [-0.25, -0.2) is 4.79 Å². The molecule has 6 heteroatoms. The van der Waals surface area contributed by atoms with Gasteiger partial charge in [0.15, 0.2) is 0 Å². The first kappa shape index (κ1) is 16.5. The first-order chi connectivity index (χ1) is 10.2. The molecule has 0 aliphatic heterocycles. The number of carbonyl (C=O) groups is 2. The molecule has 1 amide bonds. The SMILES string of the molecule is Cc1nn(C)c(C)c1C[C@@H](C)C(=O)N[C@](C)(C(=O)O)C1CC1. The molecule has 0 saturated heterocycles. The van der Waals surface area contributed by atoms with Gasteiger partial charge in [0.05, 0.1) is 5.69 Å². The minimum absolute atomic E-state index is 0.0445. The van der Waals surface area contributed by atoms with Gasteiger partial charge in [0, 0.05) is 18.7 Å². The number of aromatic nitrogens is 2. The van der Waals surface area contributed by atoms with Gasteiger partial charge in [-0.15, -0.1) is 0 Å². The Morgan fingerprint density at radius 3 is 2.45 bits per heavy atom. The van der Waals surface area contributed by atoms with E-state index in [0.29, 0.717) is 6.42 Å². The summed E-state index contributed by atoms with van der Waals surface area (Å²) in [7, 11) is 1.88. The van der Waals surface area contributed by atoms with Crippen molar-refractivity contribution in [2.24, 2.45) is 18.9 Å². The molecule has 1 fully saturated rings. The fraction of sp³-hybridized carbons (Fsp3) is 0.688. The van der Waals surface area contributed by atoms with Gasteiger partial charge in [-0.3, -0.25) is 9.48 Å². The van der Waals surface area contributed by atoms with Gasteiger partial charge >= 0.3 is 5.97 Å². The largest absolute Gasteiger partial charge is 0.480 e. The van der Waals surface area contributed by atoms with Crippen LogP contribution in [0.5, 0.6) is 0 Å². The predicted molar refractivity (Wildman–Crippen MR) is 82.5 cm³/mol. The molecular formula is C16H25N3O3. The molecule has 1 aromatic rings. The molecule has 0 radical (unpaired) electrons. The van der Waals surface area contributed by atoms with Gasteiger partial charge < -0.3 is 10.4 Å². The summed E-state index contributed by atoms with van der Waals surface area (Å²) in [6, 6.07) is 0. The molecule has 0 unspecified atom stereocenters. The number of nitrogens with zero attached hydrogens (tertiary/aromatic N) is 2. The summed E-state index contributed by atoms with van der Waals surface area (Å²) in [6.07, 6.45) is 2.29. The van der Waals surface area contributed by atoms with Crippen LogP contribution in [-0.2, 0) is 23.1 Å². The Morgan fingerprint density at radius 2 is 2.05 bits per heavy atom. The second kappa shape index (κ2) is 5.74. The lowest BCUT2D eigenvalue weighted by Crippen LogP contribution is -2.55. The van der Waals surface area contributed by atoms with E-state index in [1.54, 1.807) is 11.6 Å². The highest BCUT2D eigenvalue weighted by Gasteiger charge is 2.48. The number of hydrogen-bond donors (Lipinski definition) is 2. The van der Waals surface area contributed by atoms with Crippen molar-refractivity contribution in [1.82, 2.24) is 15.1 Å². The summed E-state index contributed by atoms with van der Waals surface area (Å²) in [5.41, 5.74) is 1.88. The molecule has 2 N–H and O–H groups in total. The van der Waals surface area contributed by atoms with E-state index in [0.717, 1.165) is 29.8 Å². The van der Waals surface area contributed by atoms with Crippen LogP contribution in [-0.4, -0.2) is 32.3 Å². The Bertz CT molecular complexity index is 604. The van der Waals surface area contributed by atoms with Crippen molar-refractivity contribution >= 4 is 11.9 Å². The summed E-state index contributed by atoms with van der Waals surface area (Å²) in [5.74, 6) is -1.41. The van der Waals surface area contributed by atoms with Crippen molar-refractivity contribution in [2.45, 2.75) is 52.5 Å². The van der Waals surface area contributed by atoms with Crippen molar-refractivity contribution in [2.75, 3.05) is 0 Å². The summed E-state index contributed by atoms with van der Waals surface area (Å²) < 4.78 is 1.81. The number of carboxylic acids is 1. The Morgan fingerprint density at radius 1 is 1.45 bits per heavy atom. The number of aryl methyl sites for hydroxylation is 2. The van der Waals surface area contributed by atoms with Crippen LogP contribution in [0.4, 0.5) is 0 Å². The van der Waals surface area contributed by atoms with Gasteiger partial charge in [-0.05, 0) is 51.5 Å². The lowest BCUT2D eigenvalue weighted by Gasteiger charge is -2.27. The third kappa shape index (κ3) is 3.00. The maximum Gasteiger partial charge on any atom is 0.329 e. The van der Waals surface area contributed by atoms with Crippen molar-refractivity contribution in [1.29, 1.82) is 0 Å². The molecule has 22 heavy (non-hydrogen) atoms. The van der Waals surface area contributed by atoms with Gasteiger partial charge in [0.25, 0.3) is 0 Å². The molecular weight excluding hydrogens is 282 g/mol. The first-order valence-corrected chi connectivity index (χ1v) is 7.71. The number of rotatable bonds is 6. The highest BCUT2D eigenvalue weighted by Crippen LogP contribution is 2.40. The molecule has 0 bridgehead atoms. The molecule has 122 valence electrons. The average molecular weight is 307 g/mol. The molecule has 1 saturated carbocycles. The van der Waals surface area contributed by atoms with Crippen LogP contribution in [0.2, 0.25) is 0 Å². The van der Waals surface area contributed by atoms with E-state index in [2.05, 4.69) is 10.4 Å². The zero-order valence-electron chi connectivity index (χ0n) is 13.9. The number of hydrogen-bond acceptors (Lipinski definition) is 3. The van der Waals surface area contributed by atoms with Crippen LogP contribution in [0, 0.1) is 25.7 Å². The number of carboxylic acid groups (broad SMARTS) is 1. The van der Waals surface area contributed by atoms with Crippen molar-refractivity contribution in [3.8, 4) is 0 Å². The maximum absolute atomic E-state index is 12.4. The molecule has 2 atom stereocenters. The van der Waals surface area contributed by atoms with Crippen LogP contribution >= 0.6 is 0 Å². The molecule has 1 aromatic heterocycles. The Kier molecular flexibility index (Phi) is 4.31. The maximum atomic E-state index is 12.4. The molecule has 1 aliphatic carbocycles. The normalized spacial score (nSPS) is 18.6. The van der Waals surface area contributed by atoms with Gasteiger partial charge in [-0.2, -0.15) is 5.10 Å². The van der Waals surface area contributed by atoms with Crippen molar-refractivity contribution < 1.29 is 14.7 Å². The smallest absolute Gasteiger partial charge is 0.329 e. The van der Waals surface area contributed by atoms with Gasteiger partial charge in [0.2, 0.25) is 5.91 Å². The van der Waals surface area contributed by atoms with Crippen LogP contribution in [0.25, 0.3) is 0 Å². The molecule has 0 aromatic carbocycles. The Hall–Kier alpha value is -1.85. The van der Waals surface area contributed by atoms with Crippen molar-refractivity contribution in [3.05, 3.63) is 17.0 Å².